The number of halogens is 1. The minimum absolute atomic E-state index is 0.332. The predicted molar refractivity (Wildman–Crippen MR) is 99.9 cm³/mol. The third-order valence-corrected chi connectivity index (χ3v) is 5.48. The number of rotatable bonds is 6. The first kappa shape index (κ1) is 20.1. The molecule has 0 aromatic heterocycles. The Balaban J connectivity index is 2.27. The number of hydrogen-bond donors (Lipinski definition) is 2. The average Bonchev–Trinajstić information content (AvgIpc) is 2.56. The monoisotopic (exact) mass is 378 g/mol. The van der Waals surface area contributed by atoms with E-state index in [-0.39, 0.29) is 5.92 Å². The summed E-state index contributed by atoms with van der Waals surface area (Å²) in [6.07, 6.45) is 0. The van der Waals surface area contributed by atoms with Gasteiger partial charge in [0.05, 0.1) is 0 Å². The minimum atomic E-state index is -4.18. The molecule has 1 atom stereocenters. The van der Waals surface area contributed by atoms with Crippen molar-refractivity contribution in [2.75, 3.05) is 5.32 Å². The van der Waals surface area contributed by atoms with Crippen molar-refractivity contribution in [2.45, 2.75) is 38.6 Å². The van der Waals surface area contributed by atoms with Crippen molar-refractivity contribution in [3.8, 4) is 0 Å². The second-order valence-corrected chi connectivity index (χ2v) is 8.26. The van der Waals surface area contributed by atoms with Crippen LogP contribution < -0.4 is 10.0 Å². The smallest absolute Gasteiger partial charge is 0.244 e. The summed E-state index contributed by atoms with van der Waals surface area (Å²) in [7, 11) is -4.18. The Morgan fingerprint density at radius 2 is 1.73 bits per heavy atom. The molecular weight excluding hydrogens is 355 g/mol. The highest BCUT2D eigenvalue weighted by Crippen LogP contribution is 2.19. The van der Waals surface area contributed by atoms with Crippen LogP contribution in [-0.4, -0.2) is 20.4 Å². The Morgan fingerprint density at radius 3 is 2.35 bits per heavy atom. The van der Waals surface area contributed by atoms with E-state index in [2.05, 4.69) is 10.0 Å². The number of sulfonamides is 1. The minimum Gasteiger partial charge on any atom is -0.324 e. The number of amides is 1. The lowest BCUT2D eigenvalue weighted by Crippen LogP contribution is -2.47. The molecule has 0 aliphatic carbocycles. The zero-order valence-electron chi connectivity index (χ0n) is 15.2. The van der Waals surface area contributed by atoms with Gasteiger partial charge in [0.25, 0.3) is 0 Å². The fraction of sp³-hybridized carbons (Fsp3) is 0.316. The van der Waals surface area contributed by atoms with Gasteiger partial charge in [-0.2, -0.15) is 4.72 Å². The van der Waals surface area contributed by atoms with Gasteiger partial charge in [0, 0.05) is 5.69 Å². The van der Waals surface area contributed by atoms with Crippen LogP contribution in [0.2, 0.25) is 0 Å². The van der Waals surface area contributed by atoms with Gasteiger partial charge in [-0.3, -0.25) is 4.79 Å². The second kappa shape index (κ2) is 7.97. The van der Waals surface area contributed by atoms with Crippen molar-refractivity contribution in [1.82, 2.24) is 4.72 Å². The molecule has 2 rings (SSSR count). The van der Waals surface area contributed by atoms with E-state index in [4.69, 9.17) is 0 Å². The van der Waals surface area contributed by atoms with Crippen LogP contribution in [0, 0.1) is 25.6 Å². The Bertz CT molecular complexity index is 911. The van der Waals surface area contributed by atoms with Crippen LogP contribution in [0.25, 0.3) is 0 Å². The highest BCUT2D eigenvalue weighted by molar-refractivity contribution is 7.89. The lowest BCUT2D eigenvalue weighted by Gasteiger charge is -2.22. The van der Waals surface area contributed by atoms with Crippen LogP contribution in [0.4, 0.5) is 10.1 Å². The van der Waals surface area contributed by atoms with Crippen molar-refractivity contribution in [1.29, 1.82) is 0 Å². The summed E-state index contributed by atoms with van der Waals surface area (Å²) in [5, 5.41) is 2.76. The summed E-state index contributed by atoms with van der Waals surface area (Å²) in [6.45, 7) is 7.19. The normalized spacial score (nSPS) is 12.8. The fourth-order valence-corrected chi connectivity index (χ4v) is 3.89. The average molecular weight is 378 g/mol. The SMILES string of the molecule is Cc1ccc(C)c(NC(=O)C(NS(=O)(=O)c2ccccc2F)C(C)C)c1. The van der Waals surface area contributed by atoms with Gasteiger partial charge >= 0.3 is 0 Å². The van der Waals surface area contributed by atoms with E-state index in [1.807, 2.05) is 32.0 Å². The largest absolute Gasteiger partial charge is 0.324 e. The first-order valence-electron chi connectivity index (χ1n) is 8.27. The molecule has 0 bridgehead atoms. The molecule has 140 valence electrons. The molecule has 0 fully saturated rings. The molecule has 2 aromatic carbocycles. The molecule has 26 heavy (non-hydrogen) atoms. The van der Waals surface area contributed by atoms with Gasteiger partial charge < -0.3 is 5.32 Å². The Hall–Kier alpha value is -2.25. The van der Waals surface area contributed by atoms with Crippen LogP contribution in [0.15, 0.2) is 47.4 Å². The van der Waals surface area contributed by atoms with Crippen LogP contribution >= 0.6 is 0 Å². The van der Waals surface area contributed by atoms with E-state index in [9.17, 15) is 17.6 Å². The predicted octanol–water partition coefficient (Wildman–Crippen LogP) is 3.38. The topological polar surface area (TPSA) is 75.3 Å². The Morgan fingerprint density at radius 1 is 1.08 bits per heavy atom. The van der Waals surface area contributed by atoms with E-state index < -0.39 is 32.7 Å². The molecule has 7 heteroatoms. The molecule has 0 heterocycles. The number of aryl methyl sites for hydroxylation is 2. The molecule has 0 aliphatic heterocycles. The highest BCUT2D eigenvalue weighted by atomic mass is 32.2. The van der Waals surface area contributed by atoms with Crippen molar-refractivity contribution in [3.05, 3.63) is 59.4 Å². The number of nitrogens with one attached hydrogen (secondary N) is 2. The summed E-state index contributed by atoms with van der Waals surface area (Å²) >= 11 is 0. The summed E-state index contributed by atoms with van der Waals surface area (Å²) in [4.78, 5) is 12.2. The van der Waals surface area contributed by atoms with E-state index in [0.717, 1.165) is 23.3 Å². The van der Waals surface area contributed by atoms with Gasteiger partial charge in [0.15, 0.2) is 0 Å². The maximum atomic E-state index is 13.9. The number of hydrogen-bond acceptors (Lipinski definition) is 3. The number of carbonyl (C=O) groups is 1. The molecule has 2 N–H and O–H groups in total. The van der Waals surface area contributed by atoms with Gasteiger partial charge in [-0.1, -0.05) is 38.1 Å². The third kappa shape index (κ3) is 4.68. The maximum Gasteiger partial charge on any atom is 0.244 e. The number of benzene rings is 2. The quantitative estimate of drug-likeness (QED) is 0.809. The summed E-state index contributed by atoms with van der Waals surface area (Å²) in [5.74, 6) is -1.69. The van der Waals surface area contributed by atoms with E-state index in [1.165, 1.54) is 12.1 Å². The molecule has 0 saturated carbocycles. The standard InChI is InChI=1S/C19H23FN2O3S/c1-12(2)18(19(23)21-16-11-13(3)9-10-14(16)4)22-26(24,25)17-8-6-5-7-15(17)20/h5-12,18,22H,1-4H3,(H,21,23). The summed E-state index contributed by atoms with van der Waals surface area (Å²) < 4.78 is 41.2. The molecule has 5 nitrogen and oxygen atoms in total. The molecule has 2 aromatic rings. The summed E-state index contributed by atoms with van der Waals surface area (Å²) in [5.41, 5.74) is 2.45. The zero-order chi connectivity index (χ0) is 19.5. The molecule has 1 unspecified atom stereocenters. The molecular formula is C19H23FN2O3S. The van der Waals surface area contributed by atoms with Crippen molar-refractivity contribution in [2.24, 2.45) is 5.92 Å². The van der Waals surface area contributed by atoms with Gasteiger partial charge in [-0.15, -0.1) is 0 Å². The van der Waals surface area contributed by atoms with Gasteiger partial charge in [0.1, 0.15) is 16.8 Å². The molecule has 0 spiro atoms. The number of anilines is 1. The Kier molecular flexibility index (Phi) is 6.15. The fourth-order valence-electron chi connectivity index (χ4n) is 2.47. The lowest BCUT2D eigenvalue weighted by atomic mass is 10.0. The van der Waals surface area contributed by atoms with E-state index in [1.54, 1.807) is 13.8 Å². The molecule has 0 radical (unpaired) electrons. The molecule has 0 saturated heterocycles. The van der Waals surface area contributed by atoms with Crippen LogP contribution in [-0.2, 0) is 14.8 Å². The zero-order valence-corrected chi connectivity index (χ0v) is 16.0. The van der Waals surface area contributed by atoms with Crippen LogP contribution in [0.5, 0.6) is 0 Å². The second-order valence-electron chi connectivity index (χ2n) is 6.58. The third-order valence-electron chi connectivity index (χ3n) is 4.01. The summed E-state index contributed by atoms with van der Waals surface area (Å²) in [6, 6.07) is 9.63. The highest BCUT2D eigenvalue weighted by Gasteiger charge is 2.30. The first-order chi connectivity index (χ1) is 12.1. The lowest BCUT2D eigenvalue weighted by molar-refractivity contribution is -0.118. The maximum absolute atomic E-state index is 13.9. The van der Waals surface area contributed by atoms with Crippen molar-refractivity contribution < 1.29 is 17.6 Å². The molecule has 1 amide bonds. The molecule has 0 aliphatic rings. The van der Waals surface area contributed by atoms with E-state index >= 15 is 0 Å². The number of carbonyl (C=O) groups excluding carboxylic acids is 1. The van der Waals surface area contributed by atoms with Gasteiger partial charge in [-0.25, -0.2) is 12.8 Å². The van der Waals surface area contributed by atoms with E-state index in [0.29, 0.717) is 5.69 Å². The van der Waals surface area contributed by atoms with Crippen LogP contribution in [0.3, 0.4) is 0 Å². The van der Waals surface area contributed by atoms with Crippen molar-refractivity contribution in [3.63, 3.8) is 0 Å². The van der Waals surface area contributed by atoms with Gasteiger partial charge in [0.2, 0.25) is 15.9 Å². The van der Waals surface area contributed by atoms with Gasteiger partial charge in [-0.05, 0) is 49.1 Å². The van der Waals surface area contributed by atoms with Crippen LogP contribution in [0.1, 0.15) is 25.0 Å². The Labute approximate surface area is 153 Å². The first-order valence-corrected chi connectivity index (χ1v) is 9.75. The van der Waals surface area contributed by atoms with Crippen molar-refractivity contribution >= 4 is 21.6 Å².